The first-order valence-corrected chi connectivity index (χ1v) is 6.22. The van der Waals surface area contributed by atoms with Crippen molar-refractivity contribution in [2.75, 3.05) is 11.1 Å². The lowest BCUT2D eigenvalue weighted by molar-refractivity contribution is -0.384. The van der Waals surface area contributed by atoms with Gasteiger partial charge in [0.25, 0.3) is 0 Å². The van der Waals surface area contributed by atoms with Crippen molar-refractivity contribution in [2.45, 2.75) is 19.9 Å². The molecule has 6 heteroatoms. The van der Waals surface area contributed by atoms with Crippen LogP contribution in [0.2, 0.25) is 0 Å². The summed E-state index contributed by atoms with van der Waals surface area (Å²) in [5, 5.41) is 13.9. The highest BCUT2D eigenvalue weighted by Crippen LogP contribution is 2.24. The van der Waals surface area contributed by atoms with Crippen LogP contribution in [0.3, 0.4) is 0 Å². The Balaban J connectivity index is 2.20. The van der Waals surface area contributed by atoms with Crippen LogP contribution in [-0.2, 0) is 0 Å². The highest BCUT2D eigenvalue weighted by Gasteiger charge is 2.14. The largest absolute Gasteiger partial charge is 0.378 e. The summed E-state index contributed by atoms with van der Waals surface area (Å²) < 4.78 is 0. The van der Waals surface area contributed by atoms with E-state index in [-0.39, 0.29) is 17.5 Å². The van der Waals surface area contributed by atoms with Gasteiger partial charge in [0, 0.05) is 6.07 Å². The average molecular weight is 272 g/mol. The van der Waals surface area contributed by atoms with Gasteiger partial charge in [-0.1, -0.05) is 24.3 Å². The van der Waals surface area contributed by atoms with Crippen molar-refractivity contribution in [1.29, 1.82) is 0 Å². The molecule has 0 bridgehead atoms. The second-order valence-corrected chi connectivity index (χ2v) is 4.58. The number of hydrogen-bond donors (Lipinski definition) is 2. The lowest BCUT2D eigenvalue weighted by Crippen LogP contribution is -2.10. The minimum atomic E-state index is -0.545. The van der Waals surface area contributed by atoms with Gasteiger partial charge in [-0.05, 0) is 31.0 Å². The number of nitrogens with two attached hydrogens (primary N) is 1. The lowest BCUT2D eigenvalue weighted by atomic mass is 10.0. The van der Waals surface area contributed by atoms with E-state index in [4.69, 9.17) is 5.73 Å². The number of nitro groups is 1. The molecule has 3 N–H and O–H groups in total. The first kappa shape index (κ1) is 13.8. The minimum Gasteiger partial charge on any atom is -0.378 e. The Labute approximate surface area is 116 Å². The fourth-order valence-corrected chi connectivity index (χ4v) is 2.07. The third-order valence-electron chi connectivity index (χ3n) is 3.12. The molecule has 0 fully saturated rings. The van der Waals surface area contributed by atoms with Crippen LogP contribution in [0.1, 0.15) is 24.1 Å². The number of pyridine rings is 1. The summed E-state index contributed by atoms with van der Waals surface area (Å²) in [5.41, 5.74) is 7.71. The standard InChI is InChI=1S/C14H16N4O2/c1-9-5-3-4-6-11(9)10(2)16-13-8-7-12(18(19)20)14(15)17-13/h3-8,10H,1-2H3,(H3,15,16,17). The van der Waals surface area contributed by atoms with E-state index in [1.165, 1.54) is 11.6 Å². The molecule has 1 unspecified atom stereocenters. The van der Waals surface area contributed by atoms with Crippen LogP contribution in [0.4, 0.5) is 17.3 Å². The molecule has 0 aliphatic rings. The molecule has 1 aromatic heterocycles. The van der Waals surface area contributed by atoms with Gasteiger partial charge in [0.15, 0.2) is 0 Å². The third kappa shape index (κ3) is 2.85. The topological polar surface area (TPSA) is 94.1 Å². The van der Waals surface area contributed by atoms with Crippen LogP contribution in [0.5, 0.6) is 0 Å². The maximum atomic E-state index is 10.7. The van der Waals surface area contributed by atoms with Crippen LogP contribution in [0.15, 0.2) is 36.4 Å². The molecule has 0 amide bonds. The van der Waals surface area contributed by atoms with Crippen molar-refractivity contribution in [3.8, 4) is 0 Å². The molecule has 0 radical (unpaired) electrons. The van der Waals surface area contributed by atoms with Crippen molar-refractivity contribution in [1.82, 2.24) is 4.98 Å². The molecule has 0 spiro atoms. The molecule has 1 aromatic carbocycles. The number of nitrogens with one attached hydrogen (secondary N) is 1. The van der Waals surface area contributed by atoms with Crippen LogP contribution < -0.4 is 11.1 Å². The maximum Gasteiger partial charge on any atom is 0.311 e. The number of benzene rings is 1. The Morgan fingerprint density at radius 2 is 2.00 bits per heavy atom. The summed E-state index contributed by atoms with van der Waals surface area (Å²) >= 11 is 0. The molecule has 0 saturated carbocycles. The van der Waals surface area contributed by atoms with Gasteiger partial charge in [-0.3, -0.25) is 10.1 Å². The predicted octanol–water partition coefficient (Wildman–Crippen LogP) is 3.05. The second kappa shape index (κ2) is 5.56. The zero-order chi connectivity index (χ0) is 14.7. The van der Waals surface area contributed by atoms with Gasteiger partial charge in [0.05, 0.1) is 11.0 Å². The van der Waals surface area contributed by atoms with Crippen LogP contribution in [0, 0.1) is 17.0 Å². The van der Waals surface area contributed by atoms with Crippen molar-refractivity contribution in [3.63, 3.8) is 0 Å². The first-order chi connectivity index (χ1) is 9.49. The Kier molecular flexibility index (Phi) is 3.84. The zero-order valence-electron chi connectivity index (χ0n) is 11.3. The highest BCUT2D eigenvalue weighted by molar-refractivity contribution is 5.57. The quantitative estimate of drug-likeness (QED) is 0.659. The van der Waals surface area contributed by atoms with Gasteiger partial charge >= 0.3 is 5.69 Å². The van der Waals surface area contributed by atoms with E-state index in [1.807, 2.05) is 38.1 Å². The molecule has 1 heterocycles. The molecule has 2 aromatic rings. The van der Waals surface area contributed by atoms with Gasteiger partial charge < -0.3 is 11.1 Å². The predicted molar refractivity (Wildman–Crippen MR) is 78.5 cm³/mol. The smallest absolute Gasteiger partial charge is 0.311 e. The monoisotopic (exact) mass is 272 g/mol. The Morgan fingerprint density at radius 1 is 1.30 bits per heavy atom. The van der Waals surface area contributed by atoms with Gasteiger partial charge in [-0.15, -0.1) is 0 Å². The Hall–Kier alpha value is -2.63. The molecule has 0 aliphatic heterocycles. The number of nitrogen functional groups attached to an aromatic ring is 1. The molecular formula is C14H16N4O2. The van der Waals surface area contributed by atoms with E-state index in [1.54, 1.807) is 6.07 Å². The number of nitrogens with zero attached hydrogens (tertiary/aromatic N) is 2. The van der Waals surface area contributed by atoms with Gasteiger partial charge in [0.1, 0.15) is 5.82 Å². The molecule has 0 aliphatic carbocycles. The number of aromatic nitrogens is 1. The average Bonchev–Trinajstić information content (AvgIpc) is 2.38. The van der Waals surface area contributed by atoms with Crippen LogP contribution >= 0.6 is 0 Å². The van der Waals surface area contributed by atoms with E-state index < -0.39 is 4.92 Å². The first-order valence-electron chi connectivity index (χ1n) is 6.22. The molecule has 1 atom stereocenters. The molecule has 20 heavy (non-hydrogen) atoms. The number of hydrogen-bond acceptors (Lipinski definition) is 5. The fourth-order valence-electron chi connectivity index (χ4n) is 2.07. The van der Waals surface area contributed by atoms with E-state index >= 15 is 0 Å². The van der Waals surface area contributed by atoms with E-state index in [9.17, 15) is 10.1 Å². The highest BCUT2D eigenvalue weighted by atomic mass is 16.6. The van der Waals surface area contributed by atoms with E-state index in [0.29, 0.717) is 5.82 Å². The molecular weight excluding hydrogens is 256 g/mol. The summed E-state index contributed by atoms with van der Waals surface area (Å²) in [6, 6.07) is 11.0. The second-order valence-electron chi connectivity index (χ2n) is 4.58. The lowest BCUT2D eigenvalue weighted by Gasteiger charge is -2.17. The van der Waals surface area contributed by atoms with Crippen molar-refractivity contribution in [3.05, 3.63) is 57.6 Å². The molecule has 0 saturated heterocycles. The van der Waals surface area contributed by atoms with Crippen molar-refractivity contribution in [2.24, 2.45) is 0 Å². The third-order valence-corrected chi connectivity index (χ3v) is 3.12. The van der Waals surface area contributed by atoms with E-state index in [2.05, 4.69) is 10.3 Å². The SMILES string of the molecule is Cc1ccccc1C(C)Nc1ccc([N+](=O)[O-])c(N)n1. The van der Waals surface area contributed by atoms with Crippen LogP contribution in [0.25, 0.3) is 0 Å². The van der Waals surface area contributed by atoms with Gasteiger partial charge in [-0.2, -0.15) is 0 Å². The molecule has 2 rings (SSSR count). The fraction of sp³-hybridized carbons (Fsp3) is 0.214. The normalized spacial score (nSPS) is 11.9. The van der Waals surface area contributed by atoms with Gasteiger partial charge in [0.2, 0.25) is 5.82 Å². The molecule has 104 valence electrons. The Morgan fingerprint density at radius 3 is 2.60 bits per heavy atom. The van der Waals surface area contributed by atoms with Crippen molar-refractivity contribution >= 4 is 17.3 Å². The minimum absolute atomic E-state index is 0.0320. The number of anilines is 2. The Bertz CT molecular complexity index is 643. The zero-order valence-corrected chi connectivity index (χ0v) is 11.3. The van der Waals surface area contributed by atoms with E-state index in [0.717, 1.165) is 5.56 Å². The van der Waals surface area contributed by atoms with Gasteiger partial charge in [-0.25, -0.2) is 4.98 Å². The molecule has 6 nitrogen and oxygen atoms in total. The summed E-state index contributed by atoms with van der Waals surface area (Å²) in [5.74, 6) is 0.431. The van der Waals surface area contributed by atoms with Crippen molar-refractivity contribution < 1.29 is 4.92 Å². The number of aryl methyl sites for hydroxylation is 1. The number of rotatable bonds is 4. The summed E-state index contributed by atoms with van der Waals surface area (Å²) in [6.07, 6.45) is 0. The van der Waals surface area contributed by atoms with Crippen LogP contribution in [-0.4, -0.2) is 9.91 Å². The summed E-state index contributed by atoms with van der Waals surface area (Å²) in [6.45, 7) is 4.03. The summed E-state index contributed by atoms with van der Waals surface area (Å²) in [4.78, 5) is 14.2. The maximum absolute atomic E-state index is 10.7. The summed E-state index contributed by atoms with van der Waals surface area (Å²) in [7, 11) is 0.